The number of hydrogen-bond donors (Lipinski definition) is 0. The summed E-state index contributed by atoms with van der Waals surface area (Å²) < 4.78 is 7.05. The monoisotopic (exact) mass is 992 g/mol. The second-order valence-corrected chi connectivity index (χ2v) is 21.5. The summed E-state index contributed by atoms with van der Waals surface area (Å²) >= 11 is 0. The maximum atomic E-state index is 5.67. The summed E-state index contributed by atoms with van der Waals surface area (Å²) in [5.74, 6) is 1.69. The molecule has 14 rings (SSSR count). The van der Waals surface area contributed by atoms with Gasteiger partial charge in [0.25, 0.3) is 0 Å². The number of fused-ring (bicyclic) bond motifs is 9. The number of unbranched alkanes of at least 4 members (excludes halogenated alkanes) is 1. The Balaban J connectivity index is 1.06. The van der Waals surface area contributed by atoms with E-state index in [9.17, 15) is 0 Å². The van der Waals surface area contributed by atoms with E-state index in [1.807, 2.05) is 0 Å². The van der Waals surface area contributed by atoms with Crippen LogP contribution in [-0.2, 0) is 11.8 Å². The van der Waals surface area contributed by atoms with Crippen molar-refractivity contribution < 1.29 is 0 Å². The van der Waals surface area contributed by atoms with Gasteiger partial charge in [-0.3, -0.25) is 4.57 Å². The third kappa shape index (κ3) is 7.82. The molecule has 0 bridgehead atoms. The SMILES string of the molecule is CCCCc1ccc2c(c1)c1cc(C(C)(C)C)ccc1n2-c1ccccc1-c1nc(-c2ccccc2-n2c3ccccc3c3ccccc32)nc(-n2c3ccc(-c4ccccc4)cc3c3cc(-c4ccccc4)ccc32)n1. The fourth-order valence-corrected chi connectivity index (χ4v) is 11.8. The fraction of sp³-hybridized carbons (Fsp3) is 0.113. The molecule has 0 amide bonds. The van der Waals surface area contributed by atoms with E-state index in [2.05, 4.69) is 272 Å². The lowest BCUT2D eigenvalue weighted by atomic mass is 9.86. The lowest BCUT2D eigenvalue weighted by Crippen LogP contribution is -2.10. The van der Waals surface area contributed by atoms with Crippen LogP contribution >= 0.6 is 0 Å². The average Bonchev–Trinajstić information content (AvgIpc) is 4.12. The average molecular weight is 993 g/mol. The quantitative estimate of drug-likeness (QED) is 0.137. The molecule has 0 saturated heterocycles. The Hall–Kier alpha value is -9.39. The molecule has 6 heteroatoms. The highest BCUT2D eigenvalue weighted by Crippen LogP contribution is 2.42. The summed E-state index contributed by atoms with van der Waals surface area (Å²) in [6, 6.07) is 83.5. The van der Waals surface area contributed by atoms with Crippen LogP contribution in [0.3, 0.4) is 0 Å². The molecule has 0 atom stereocenters. The normalized spacial score (nSPS) is 12.1. The van der Waals surface area contributed by atoms with E-state index in [1.54, 1.807) is 0 Å². The van der Waals surface area contributed by atoms with E-state index in [-0.39, 0.29) is 5.41 Å². The molecule has 0 fully saturated rings. The predicted octanol–water partition coefficient (Wildman–Crippen LogP) is 18.5. The molecule has 6 nitrogen and oxygen atoms in total. The molecule has 0 saturated carbocycles. The zero-order chi connectivity index (χ0) is 51.8. The smallest absolute Gasteiger partial charge is 0.238 e. The molecule has 0 radical (unpaired) electrons. The minimum atomic E-state index is -0.0213. The van der Waals surface area contributed by atoms with E-state index in [4.69, 9.17) is 15.0 Å². The van der Waals surface area contributed by atoms with E-state index >= 15 is 0 Å². The number of para-hydroxylation sites is 4. The minimum absolute atomic E-state index is 0.0213. The molecule has 14 aromatic rings. The van der Waals surface area contributed by atoms with Crippen molar-refractivity contribution in [1.82, 2.24) is 28.7 Å². The van der Waals surface area contributed by atoms with Crippen LogP contribution in [0.2, 0.25) is 0 Å². The number of rotatable bonds is 10. The molecule has 0 aliphatic heterocycles. The van der Waals surface area contributed by atoms with E-state index < -0.39 is 0 Å². The van der Waals surface area contributed by atoms with E-state index in [0.717, 1.165) is 108 Å². The van der Waals surface area contributed by atoms with Gasteiger partial charge in [0, 0.05) is 43.4 Å². The van der Waals surface area contributed by atoms with Crippen molar-refractivity contribution in [3.8, 4) is 62.4 Å². The zero-order valence-electron chi connectivity index (χ0n) is 43.7. The number of hydrogen-bond acceptors (Lipinski definition) is 3. The Morgan fingerprint density at radius 2 is 0.779 bits per heavy atom. The van der Waals surface area contributed by atoms with Crippen molar-refractivity contribution >= 4 is 65.4 Å². The minimum Gasteiger partial charge on any atom is -0.309 e. The van der Waals surface area contributed by atoms with Crippen LogP contribution in [0.15, 0.2) is 231 Å². The first-order chi connectivity index (χ1) is 37.8. The summed E-state index contributed by atoms with van der Waals surface area (Å²) in [5, 5.41) is 7.11. The van der Waals surface area contributed by atoms with Gasteiger partial charge in [0.1, 0.15) is 0 Å². The third-order valence-corrected chi connectivity index (χ3v) is 15.7. The lowest BCUT2D eigenvalue weighted by Gasteiger charge is -2.19. The summed E-state index contributed by atoms with van der Waals surface area (Å²) in [6.07, 6.45) is 3.35. The van der Waals surface area contributed by atoms with Gasteiger partial charge in [0.2, 0.25) is 5.95 Å². The Bertz CT molecular complexity index is 4440. The highest BCUT2D eigenvalue weighted by molar-refractivity contribution is 6.13. The molecule has 4 heterocycles. The first-order valence-electron chi connectivity index (χ1n) is 27.0. The van der Waals surface area contributed by atoms with Gasteiger partial charge in [0.05, 0.1) is 44.5 Å². The van der Waals surface area contributed by atoms with Crippen molar-refractivity contribution in [3.63, 3.8) is 0 Å². The number of aromatic nitrogens is 6. The van der Waals surface area contributed by atoms with Crippen LogP contribution in [-0.4, -0.2) is 28.7 Å². The van der Waals surface area contributed by atoms with E-state index in [1.165, 1.54) is 32.7 Å². The number of nitrogens with zero attached hydrogens (tertiary/aromatic N) is 6. The standard InChI is InChI=1S/C71H56N6/c1-5-6-21-46-34-38-64-56(42-46)59-45-51(71(2,3)4)37-41-65(59)76(64)63-33-20-16-29-55(63)69-72-68(54-28-15-19-32-62(54)75-60-30-17-13-26-52(60)53-27-14-18-31-61(53)75)73-70(74-69)77-66-39-35-49(47-22-9-7-10-23-47)43-57(66)58-44-50(36-40-67(58)77)48-24-11-8-12-25-48/h7-20,22-45H,5-6,21H2,1-4H3. The Morgan fingerprint density at radius 1 is 0.351 bits per heavy atom. The number of benzene rings is 10. The van der Waals surface area contributed by atoms with Crippen LogP contribution < -0.4 is 0 Å². The Labute approximate surface area is 448 Å². The summed E-state index contributed by atoms with van der Waals surface area (Å²) in [7, 11) is 0. The van der Waals surface area contributed by atoms with Crippen molar-refractivity contribution in [3.05, 3.63) is 242 Å². The first kappa shape index (κ1) is 46.2. The molecule has 10 aromatic carbocycles. The van der Waals surface area contributed by atoms with Crippen molar-refractivity contribution in [2.24, 2.45) is 0 Å². The van der Waals surface area contributed by atoms with Gasteiger partial charge in [-0.2, -0.15) is 9.97 Å². The van der Waals surface area contributed by atoms with Crippen molar-refractivity contribution in [2.75, 3.05) is 0 Å². The highest BCUT2D eigenvalue weighted by atomic mass is 15.2. The fourth-order valence-electron chi connectivity index (χ4n) is 11.8. The molecule has 77 heavy (non-hydrogen) atoms. The first-order valence-corrected chi connectivity index (χ1v) is 27.0. The van der Waals surface area contributed by atoms with Gasteiger partial charge >= 0.3 is 0 Å². The maximum absolute atomic E-state index is 5.67. The van der Waals surface area contributed by atoms with Gasteiger partial charge in [-0.15, -0.1) is 0 Å². The Morgan fingerprint density at radius 3 is 1.31 bits per heavy atom. The van der Waals surface area contributed by atoms with Gasteiger partial charge in [0.15, 0.2) is 11.6 Å². The molecule has 0 aliphatic rings. The second kappa shape index (κ2) is 18.5. The van der Waals surface area contributed by atoms with Gasteiger partial charge in [-0.1, -0.05) is 180 Å². The lowest BCUT2D eigenvalue weighted by molar-refractivity contribution is 0.591. The molecule has 4 aromatic heterocycles. The molecule has 0 N–H and O–H groups in total. The maximum Gasteiger partial charge on any atom is 0.238 e. The summed E-state index contributed by atoms with van der Waals surface area (Å²) in [4.78, 5) is 17.0. The van der Waals surface area contributed by atoms with Crippen molar-refractivity contribution in [1.29, 1.82) is 0 Å². The molecule has 0 spiro atoms. The summed E-state index contributed by atoms with van der Waals surface area (Å²) in [6.45, 7) is 9.16. The predicted molar refractivity (Wildman–Crippen MR) is 322 cm³/mol. The molecule has 370 valence electrons. The topological polar surface area (TPSA) is 53.5 Å². The Kier molecular flexibility index (Phi) is 11.1. The van der Waals surface area contributed by atoms with Crippen molar-refractivity contribution in [2.45, 2.75) is 52.4 Å². The highest BCUT2D eigenvalue weighted by Gasteiger charge is 2.25. The van der Waals surface area contributed by atoms with Crippen LogP contribution in [0, 0.1) is 0 Å². The van der Waals surface area contributed by atoms with Crippen LogP contribution in [0.1, 0.15) is 51.7 Å². The molecular weight excluding hydrogens is 937 g/mol. The molecular formula is C71H56N6. The van der Waals surface area contributed by atoms with Gasteiger partial charge in [-0.25, -0.2) is 4.98 Å². The molecule has 0 aliphatic carbocycles. The molecule has 0 unspecified atom stereocenters. The number of aryl methyl sites for hydroxylation is 1. The summed E-state index contributed by atoms with van der Waals surface area (Å²) in [5.41, 5.74) is 17.6. The van der Waals surface area contributed by atoms with Gasteiger partial charge in [-0.05, 0) is 137 Å². The largest absolute Gasteiger partial charge is 0.309 e. The second-order valence-electron chi connectivity index (χ2n) is 21.5. The zero-order valence-corrected chi connectivity index (χ0v) is 43.7. The van der Waals surface area contributed by atoms with Gasteiger partial charge < -0.3 is 9.13 Å². The van der Waals surface area contributed by atoms with Crippen LogP contribution in [0.5, 0.6) is 0 Å². The van der Waals surface area contributed by atoms with E-state index in [0.29, 0.717) is 17.6 Å². The van der Waals surface area contributed by atoms with Crippen LogP contribution in [0.25, 0.3) is 128 Å². The third-order valence-electron chi connectivity index (χ3n) is 15.7. The van der Waals surface area contributed by atoms with Crippen LogP contribution in [0.4, 0.5) is 0 Å².